The monoisotopic (exact) mass is 293 g/mol. The number of rotatable bonds is 6. The van der Waals surface area contributed by atoms with Gasteiger partial charge in [-0.05, 0) is 13.3 Å². The molecular weight excluding hydrogens is 270 g/mol. The van der Waals surface area contributed by atoms with E-state index in [1.807, 2.05) is 6.92 Å². The molecular formula is C15H23N3O3. The molecule has 1 rings (SSSR count). The minimum Gasteiger partial charge on any atom is -0.355 e. The van der Waals surface area contributed by atoms with Crippen molar-refractivity contribution < 1.29 is 9.59 Å². The summed E-state index contributed by atoms with van der Waals surface area (Å²) >= 11 is 0. The van der Waals surface area contributed by atoms with Crippen molar-refractivity contribution in [1.82, 2.24) is 14.8 Å². The fourth-order valence-electron chi connectivity index (χ4n) is 1.84. The molecule has 0 saturated carbocycles. The molecule has 0 aliphatic carbocycles. The molecule has 0 bridgehead atoms. The van der Waals surface area contributed by atoms with Crippen LogP contribution in [0.4, 0.5) is 0 Å². The van der Waals surface area contributed by atoms with E-state index in [-0.39, 0.29) is 23.4 Å². The van der Waals surface area contributed by atoms with E-state index in [0.717, 1.165) is 18.5 Å². The van der Waals surface area contributed by atoms with Crippen LogP contribution in [-0.2, 0) is 11.8 Å². The quantitative estimate of drug-likeness (QED) is 0.784. The normalized spacial score (nSPS) is 10.3. The molecule has 1 N–H and O–H groups in total. The van der Waals surface area contributed by atoms with Gasteiger partial charge in [0.1, 0.15) is 5.56 Å². The highest BCUT2D eigenvalue weighted by atomic mass is 16.2. The molecule has 0 aliphatic rings. The van der Waals surface area contributed by atoms with Crippen molar-refractivity contribution in [2.24, 2.45) is 7.05 Å². The molecule has 1 heterocycles. The number of likely N-dealkylation sites (N-methyl/N-ethyl adjacent to an activating group) is 1. The maximum atomic E-state index is 12.2. The molecule has 0 unspecified atom stereocenters. The molecule has 0 aliphatic heterocycles. The van der Waals surface area contributed by atoms with Gasteiger partial charge < -0.3 is 14.8 Å². The van der Waals surface area contributed by atoms with Crippen LogP contribution in [-0.4, -0.2) is 41.4 Å². The van der Waals surface area contributed by atoms with E-state index in [1.54, 1.807) is 18.5 Å². The highest BCUT2D eigenvalue weighted by Gasteiger charge is 2.18. The lowest BCUT2D eigenvalue weighted by atomic mass is 10.2. The number of carbonyl (C=O) groups is 2. The molecule has 0 fully saturated rings. The Morgan fingerprint density at radius 2 is 2.05 bits per heavy atom. The van der Waals surface area contributed by atoms with Crippen molar-refractivity contribution in [3.63, 3.8) is 0 Å². The van der Waals surface area contributed by atoms with Gasteiger partial charge in [0.15, 0.2) is 5.43 Å². The van der Waals surface area contributed by atoms with Gasteiger partial charge in [-0.2, -0.15) is 0 Å². The van der Waals surface area contributed by atoms with E-state index >= 15 is 0 Å². The number of pyridine rings is 1. The van der Waals surface area contributed by atoms with Gasteiger partial charge in [-0.15, -0.1) is 0 Å². The number of nitrogens with one attached hydrogen (secondary N) is 1. The lowest BCUT2D eigenvalue weighted by Gasteiger charge is -2.17. The standard InChI is InChI=1S/C15H23N3O3/c1-5-6-7-16-14(20)10-18(4)15(21)12-9-17(3)11(2)8-13(12)19/h8-9H,5-7,10H2,1-4H3,(H,16,20). The predicted octanol–water partition coefficient (Wildman–Crippen LogP) is 0.682. The molecule has 0 spiro atoms. The SMILES string of the molecule is CCCCNC(=O)CN(C)C(=O)c1cn(C)c(C)cc1=O. The third kappa shape index (κ3) is 4.73. The second-order valence-corrected chi connectivity index (χ2v) is 5.17. The third-order valence-electron chi connectivity index (χ3n) is 3.29. The Balaban J connectivity index is 2.73. The fraction of sp³-hybridized carbons (Fsp3) is 0.533. The van der Waals surface area contributed by atoms with Gasteiger partial charge in [0.05, 0.1) is 6.54 Å². The van der Waals surface area contributed by atoms with Gasteiger partial charge >= 0.3 is 0 Å². The van der Waals surface area contributed by atoms with Crippen LogP contribution < -0.4 is 10.7 Å². The maximum Gasteiger partial charge on any atom is 0.259 e. The number of hydrogen-bond acceptors (Lipinski definition) is 3. The summed E-state index contributed by atoms with van der Waals surface area (Å²) in [5.41, 5.74) is 0.525. The Morgan fingerprint density at radius 3 is 2.67 bits per heavy atom. The van der Waals surface area contributed by atoms with Gasteiger partial charge in [-0.3, -0.25) is 14.4 Å². The summed E-state index contributed by atoms with van der Waals surface area (Å²) in [5.74, 6) is -0.663. The zero-order valence-corrected chi connectivity index (χ0v) is 13.1. The Kier molecular flexibility index (Phi) is 6.14. The van der Waals surface area contributed by atoms with Crippen molar-refractivity contribution in [2.45, 2.75) is 26.7 Å². The van der Waals surface area contributed by atoms with Crippen LogP contribution in [0.5, 0.6) is 0 Å². The second-order valence-electron chi connectivity index (χ2n) is 5.17. The molecule has 0 saturated heterocycles. The molecule has 6 nitrogen and oxygen atoms in total. The Hall–Kier alpha value is -2.11. The fourth-order valence-corrected chi connectivity index (χ4v) is 1.84. The topological polar surface area (TPSA) is 71.4 Å². The van der Waals surface area contributed by atoms with Crippen LogP contribution in [0, 0.1) is 6.92 Å². The minimum absolute atomic E-state index is 0.0560. The summed E-state index contributed by atoms with van der Waals surface area (Å²) in [4.78, 5) is 37.0. The van der Waals surface area contributed by atoms with Crippen LogP contribution in [0.15, 0.2) is 17.1 Å². The number of unbranched alkanes of at least 4 members (excludes halogenated alkanes) is 1. The lowest BCUT2D eigenvalue weighted by Crippen LogP contribution is -2.40. The van der Waals surface area contributed by atoms with Gasteiger partial charge in [-0.25, -0.2) is 0 Å². The van der Waals surface area contributed by atoms with Crippen LogP contribution in [0.3, 0.4) is 0 Å². The van der Waals surface area contributed by atoms with Crippen LogP contribution in [0.1, 0.15) is 35.8 Å². The average molecular weight is 293 g/mol. The van der Waals surface area contributed by atoms with E-state index in [9.17, 15) is 14.4 Å². The Bertz CT molecular complexity index is 578. The van der Waals surface area contributed by atoms with E-state index in [4.69, 9.17) is 0 Å². The minimum atomic E-state index is -0.443. The first-order valence-electron chi connectivity index (χ1n) is 7.06. The first kappa shape index (κ1) is 16.9. The number of aromatic nitrogens is 1. The number of aryl methyl sites for hydroxylation is 2. The van der Waals surface area contributed by atoms with Gasteiger partial charge in [0.25, 0.3) is 5.91 Å². The first-order valence-corrected chi connectivity index (χ1v) is 7.06. The van der Waals surface area contributed by atoms with E-state index in [2.05, 4.69) is 5.32 Å². The number of amides is 2. The van der Waals surface area contributed by atoms with Gasteiger partial charge in [-0.1, -0.05) is 13.3 Å². The van der Waals surface area contributed by atoms with Crippen LogP contribution in [0.25, 0.3) is 0 Å². The average Bonchev–Trinajstić information content (AvgIpc) is 2.42. The molecule has 21 heavy (non-hydrogen) atoms. The molecule has 0 radical (unpaired) electrons. The highest BCUT2D eigenvalue weighted by molar-refractivity contribution is 5.96. The van der Waals surface area contributed by atoms with E-state index < -0.39 is 5.91 Å². The van der Waals surface area contributed by atoms with Crippen molar-refractivity contribution in [2.75, 3.05) is 20.1 Å². The zero-order chi connectivity index (χ0) is 16.0. The largest absolute Gasteiger partial charge is 0.355 e. The van der Waals surface area contributed by atoms with Crippen LogP contribution >= 0.6 is 0 Å². The van der Waals surface area contributed by atoms with Crippen molar-refractivity contribution in [3.8, 4) is 0 Å². The van der Waals surface area contributed by atoms with E-state index in [0.29, 0.717) is 6.54 Å². The molecule has 6 heteroatoms. The number of nitrogens with zero attached hydrogens (tertiary/aromatic N) is 2. The van der Waals surface area contributed by atoms with Crippen molar-refractivity contribution in [1.29, 1.82) is 0 Å². The summed E-state index contributed by atoms with van der Waals surface area (Å²) in [7, 11) is 3.28. The predicted molar refractivity (Wildman–Crippen MR) is 81.3 cm³/mol. The summed E-state index contributed by atoms with van der Waals surface area (Å²) in [6.45, 7) is 4.37. The maximum absolute atomic E-state index is 12.2. The lowest BCUT2D eigenvalue weighted by molar-refractivity contribution is -0.121. The number of hydrogen-bond donors (Lipinski definition) is 1. The summed E-state index contributed by atoms with van der Waals surface area (Å²) in [5, 5.41) is 2.74. The highest BCUT2D eigenvalue weighted by Crippen LogP contribution is 2.00. The Morgan fingerprint density at radius 1 is 1.38 bits per heavy atom. The molecule has 1 aromatic rings. The molecule has 2 amide bonds. The first-order chi connectivity index (χ1) is 9.86. The van der Waals surface area contributed by atoms with Crippen LogP contribution in [0.2, 0.25) is 0 Å². The van der Waals surface area contributed by atoms with E-state index in [1.165, 1.54) is 24.2 Å². The molecule has 116 valence electrons. The van der Waals surface area contributed by atoms with Gasteiger partial charge in [0.2, 0.25) is 5.91 Å². The smallest absolute Gasteiger partial charge is 0.259 e. The Labute approximate surface area is 124 Å². The summed E-state index contributed by atoms with van der Waals surface area (Å²) in [6, 6.07) is 1.42. The molecule has 0 aromatic carbocycles. The second kappa shape index (κ2) is 7.61. The van der Waals surface area contributed by atoms with Crippen molar-refractivity contribution in [3.05, 3.63) is 33.7 Å². The zero-order valence-electron chi connectivity index (χ0n) is 13.1. The molecule has 1 aromatic heterocycles. The summed E-state index contributed by atoms with van der Waals surface area (Å²) < 4.78 is 1.71. The van der Waals surface area contributed by atoms with Crippen molar-refractivity contribution >= 4 is 11.8 Å². The number of carbonyl (C=O) groups excluding carboxylic acids is 2. The molecule has 0 atom stereocenters. The summed E-state index contributed by atoms with van der Waals surface area (Å²) in [6.07, 6.45) is 3.40. The third-order valence-corrected chi connectivity index (χ3v) is 3.29. The van der Waals surface area contributed by atoms with Gasteiger partial charge in [0, 0.05) is 38.6 Å².